The van der Waals surface area contributed by atoms with Gasteiger partial charge in [-0.1, -0.05) is 6.42 Å². The van der Waals surface area contributed by atoms with Gasteiger partial charge in [-0.15, -0.1) is 0 Å². The van der Waals surface area contributed by atoms with Gasteiger partial charge in [0.15, 0.2) is 0 Å². The number of nitrogens with two attached hydrogens (primary N) is 3. The number of hydrogen-bond acceptors (Lipinski definition) is 9. The third-order valence-corrected chi connectivity index (χ3v) is 4.32. The topological polar surface area (TPSA) is 240 Å². The van der Waals surface area contributed by atoms with Crippen molar-refractivity contribution in [2.24, 2.45) is 17.2 Å². The van der Waals surface area contributed by atoms with Crippen LogP contribution >= 0.6 is 12.6 Å². The Balaban J connectivity index is 4.92. The molecule has 4 unspecified atom stereocenters. The minimum atomic E-state index is -1.63. The number of carboxylic acids is 1. The third-order valence-electron chi connectivity index (χ3n) is 3.96. The summed E-state index contributed by atoms with van der Waals surface area (Å²) in [6.07, 6.45) is 1.01. The van der Waals surface area contributed by atoms with E-state index in [2.05, 4.69) is 23.3 Å². The molecule has 13 nitrogen and oxygen atoms in total. The van der Waals surface area contributed by atoms with Gasteiger partial charge in [-0.05, 0) is 19.4 Å². The summed E-state index contributed by atoms with van der Waals surface area (Å²) in [6, 6.07) is -5.20. The minimum Gasteiger partial charge on any atom is -0.480 e. The zero-order chi connectivity index (χ0) is 23.3. The second kappa shape index (κ2) is 14.5. The molecular formula is C16H30N6O7S. The first-order valence-electron chi connectivity index (χ1n) is 9.16. The van der Waals surface area contributed by atoms with Crippen LogP contribution in [0.4, 0.5) is 0 Å². The summed E-state index contributed by atoms with van der Waals surface area (Å²) < 4.78 is 0. The first kappa shape index (κ1) is 27.6. The monoisotopic (exact) mass is 450 g/mol. The number of carbonyl (C=O) groups excluding carboxylic acids is 4. The van der Waals surface area contributed by atoms with Crippen molar-refractivity contribution in [3.05, 3.63) is 0 Å². The van der Waals surface area contributed by atoms with Gasteiger partial charge >= 0.3 is 5.97 Å². The molecule has 0 saturated carbocycles. The standard InChI is InChI=1S/C16H30N6O7S/c17-4-2-1-3-8(18)13(25)22-11(7-30)15(27)21-10(6-23)14(26)20-9(16(28)29)5-12(19)24/h8-11,23,30H,1-7,17-18H2,(H2,19,24)(H,20,26)(H,21,27)(H,22,25)(H,28,29). The molecule has 0 saturated heterocycles. The molecule has 0 rings (SSSR count). The molecule has 0 bridgehead atoms. The SMILES string of the molecule is NCCCCC(N)C(=O)NC(CS)C(=O)NC(CO)C(=O)NC(CC(N)=O)C(=O)O. The number of aliphatic carboxylic acids is 1. The maximum Gasteiger partial charge on any atom is 0.326 e. The predicted octanol–water partition coefficient (Wildman–Crippen LogP) is -4.22. The lowest BCUT2D eigenvalue weighted by atomic mass is 10.1. The number of carbonyl (C=O) groups is 5. The number of primary amides is 1. The highest BCUT2D eigenvalue weighted by molar-refractivity contribution is 7.80. The highest BCUT2D eigenvalue weighted by Crippen LogP contribution is 2.00. The molecule has 11 N–H and O–H groups in total. The van der Waals surface area contributed by atoms with Gasteiger partial charge in [-0.2, -0.15) is 12.6 Å². The summed E-state index contributed by atoms with van der Waals surface area (Å²) in [6.45, 7) is -0.408. The van der Waals surface area contributed by atoms with E-state index in [1.165, 1.54) is 0 Å². The van der Waals surface area contributed by atoms with Crippen molar-refractivity contribution in [3.63, 3.8) is 0 Å². The van der Waals surface area contributed by atoms with Crippen molar-refractivity contribution >= 4 is 42.2 Å². The zero-order valence-electron chi connectivity index (χ0n) is 16.4. The summed E-state index contributed by atoms with van der Waals surface area (Å²) in [5.41, 5.74) is 16.1. The second-order valence-electron chi connectivity index (χ2n) is 6.45. The first-order chi connectivity index (χ1) is 14.1. The molecule has 0 aromatic heterocycles. The Kier molecular flexibility index (Phi) is 13.4. The fourth-order valence-electron chi connectivity index (χ4n) is 2.25. The normalized spacial score (nSPS) is 14.7. The number of rotatable bonds is 15. The van der Waals surface area contributed by atoms with Gasteiger partial charge in [0.1, 0.15) is 18.1 Å². The van der Waals surface area contributed by atoms with E-state index in [0.717, 1.165) is 0 Å². The minimum absolute atomic E-state index is 0.133. The molecule has 0 fully saturated rings. The maximum atomic E-state index is 12.4. The highest BCUT2D eigenvalue weighted by atomic mass is 32.1. The van der Waals surface area contributed by atoms with E-state index in [-0.39, 0.29) is 5.75 Å². The molecule has 14 heteroatoms. The molecule has 0 aromatic carbocycles. The number of aliphatic hydroxyl groups excluding tert-OH is 1. The average Bonchev–Trinajstić information content (AvgIpc) is 2.68. The number of thiol groups is 1. The van der Waals surface area contributed by atoms with Gasteiger partial charge in [0.2, 0.25) is 23.6 Å². The summed E-state index contributed by atoms with van der Waals surface area (Å²) >= 11 is 3.98. The quantitative estimate of drug-likeness (QED) is 0.0866. The van der Waals surface area contributed by atoms with Crippen molar-refractivity contribution in [2.75, 3.05) is 18.9 Å². The van der Waals surface area contributed by atoms with Crippen molar-refractivity contribution in [2.45, 2.75) is 49.9 Å². The molecule has 172 valence electrons. The number of carboxylic acid groups (broad SMARTS) is 1. The number of aliphatic hydroxyl groups is 1. The number of amides is 4. The van der Waals surface area contributed by atoms with Crippen molar-refractivity contribution in [1.29, 1.82) is 0 Å². The van der Waals surface area contributed by atoms with Crippen LogP contribution in [0.25, 0.3) is 0 Å². The van der Waals surface area contributed by atoms with Crippen LogP contribution in [-0.4, -0.2) is 82.9 Å². The summed E-state index contributed by atoms with van der Waals surface area (Å²) in [5.74, 6) is -5.11. The number of unbranched alkanes of at least 4 members (excludes halogenated alkanes) is 1. The largest absolute Gasteiger partial charge is 0.480 e. The molecule has 0 aliphatic carbocycles. The van der Waals surface area contributed by atoms with Gasteiger partial charge in [-0.3, -0.25) is 19.2 Å². The number of nitrogens with one attached hydrogen (secondary N) is 3. The van der Waals surface area contributed by atoms with Crippen molar-refractivity contribution in [1.82, 2.24) is 16.0 Å². The Labute approximate surface area is 178 Å². The van der Waals surface area contributed by atoms with Crippen molar-refractivity contribution < 1.29 is 34.2 Å². The lowest BCUT2D eigenvalue weighted by Crippen LogP contribution is -2.58. The van der Waals surface area contributed by atoms with E-state index in [1.807, 2.05) is 5.32 Å². The van der Waals surface area contributed by atoms with Crippen LogP contribution in [0.1, 0.15) is 25.7 Å². The van der Waals surface area contributed by atoms with Gasteiger partial charge in [0.25, 0.3) is 0 Å². The van der Waals surface area contributed by atoms with Gasteiger partial charge in [0.05, 0.1) is 19.1 Å². The fourth-order valence-corrected chi connectivity index (χ4v) is 2.51. The second-order valence-corrected chi connectivity index (χ2v) is 6.81. The summed E-state index contributed by atoms with van der Waals surface area (Å²) in [4.78, 5) is 58.6. The van der Waals surface area contributed by atoms with Crippen LogP contribution in [0.5, 0.6) is 0 Å². The lowest BCUT2D eigenvalue weighted by molar-refractivity contribution is -0.144. The van der Waals surface area contributed by atoms with Crippen LogP contribution in [-0.2, 0) is 24.0 Å². The summed E-state index contributed by atoms with van der Waals surface area (Å²) in [7, 11) is 0. The Hall–Kier alpha value is -2.42. The van der Waals surface area contributed by atoms with Gasteiger partial charge < -0.3 is 43.4 Å². The Morgan fingerprint density at radius 2 is 1.43 bits per heavy atom. The molecule has 0 aromatic rings. The van der Waals surface area contributed by atoms with Crippen molar-refractivity contribution in [3.8, 4) is 0 Å². The zero-order valence-corrected chi connectivity index (χ0v) is 17.3. The lowest BCUT2D eigenvalue weighted by Gasteiger charge is -2.23. The Morgan fingerprint density at radius 1 is 0.900 bits per heavy atom. The third kappa shape index (κ3) is 10.4. The molecule has 4 amide bonds. The summed E-state index contributed by atoms with van der Waals surface area (Å²) in [5, 5.41) is 25.0. The van der Waals surface area contributed by atoms with Crippen LogP contribution in [0, 0.1) is 0 Å². The highest BCUT2D eigenvalue weighted by Gasteiger charge is 2.30. The Morgan fingerprint density at radius 3 is 1.90 bits per heavy atom. The van der Waals surface area contributed by atoms with E-state index in [9.17, 15) is 29.1 Å². The molecule has 0 spiro atoms. The van der Waals surface area contributed by atoms with E-state index in [1.54, 1.807) is 0 Å². The van der Waals surface area contributed by atoms with Crippen LogP contribution < -0.4 is 33.2 Å². The fraction of sp³-hybridized carbons (Fsp3) is 0.688. The molecule has 0 aliphatic heterocycles. The van der Waals surface area contributed by atoms with E-state index < -0.39 is 66.8 Å². The van der Waals surface area contributed by atoms with E-state index in [4.69, 9.17) is 22.3 Å². The van der Waals surface area contributed by atoms with Gasteiger partial charge in [-0.25, -0.2) is 4.79 Å². The van der Waals surface area contributed by atoms with Crippen LogP contribution in [0.2, 0.25) is 0 Å². The van der Waals surface area contributed by atoms with Crippen LogP contribution in [0.15, 0.2) is 0 Å². The molecule has 0 aliphatic rings. The molecule has 30 heavy (non-hydrogen) atoms. The number of hydrogen-bond donors (Lipinski definition) is 9. The van der Waals surface area contributed by atoms with E-state index in [0.29, 0.717) is 25.8 Å². The van der Waals surface area contributed by atoms with Gasteiger partial charge in [0, 0.05) is 5.75 Å². The van der Waals surface area contributed by atoms with Crippen LogP contribution in [0.3, 0.4) is 0 Å². The smallest absolute Gasteiger partial charge is 0.326 e. The molecular weight excluding hydrogens is 420 g/mol. The maximum absolute atomic E-state index is 12.4. The average molecular weight is 451 g/mol. The molecule has 4 atom stereocenters. The molecule has 0 radical (unpaired) electrons. The predicted molar refractivity (Wildman–Crippen MR) is 109 cm³/mol. The molecule has 0 heterocycles. The first-order valence-corrected chi connectivity index (χ1v) is 9.80. The van der Waals surface area contributed by atoms with E-state index >= 15 is 0 Å². The Bertz CT molecular complexity index is 621.